The highest BCUT2D eigenvalue weighted by atomic mass is 16.6. The molecule has 1 aromatic heterocycles. The summed E-state index contributed by atoms with van der Waals surface area (Å²) >= 11 is 0. The van der Waals surface area contributed by atoms with Crippen molar-refractivity contribution in [3.05, 3.63) is 54.1 Å². The Morgan fingerprint density at radius 3 is 2.56 bits per heavy atom. The molecule has 0 amide bonds. The highest BCUT2D eigenvalue weighted by Crippen LogP contribution is 2.25. The van der Waals surface area contributed by atoms with Gasteiger partial charge in [0.2, 0.25) is 0 Å². The fourth-order valence-electron chi connectivity index (χ4n) is 3.41. The van der Waals surface area contributed by atoms with E-state index in [1.807, 2.05) is 36.4 Å². The van der Waals surface area contributed by atoms with Crippen LogP contribution < -0.4 is 4.74 Å². The molecule has 4 nitrogen and oxygen atoms in total. The minimum atomic E-state index is 0.291. The Bertz CT molecular complexity index is 771. The molecule has 2 heterocycles. The average molecular weight is 336 g/mol. The van der Waals surface area contributed by atoms with Gasteiger partial charge in [-0.2, -0.15) is 4.98 Å². The number of oxazole rings is 1. The SMILES string of the molecule is c1ccc2oc(Oc3ccc(CCCN4CCCCC4)cc3)nc2c1. The maximum absolute atomic E-state index is 5.73. The second kappa shape index (κ2) is 7.70. The first-order chi connectivity index (χ1) is 12.4. The standard InChI is InChI=1S/C21H24N2O2/c1-4-14-23(15-5-1)16-6-7-17-10-12-18(13-11-17)24-21-22-19-8-2-3-9-20(19)25-21/h2-3,8-13H,1,4-7,14-16H2. The molecule has 4 rings (SSSR count). The number of hydrogen-bond donors (Lipinski definition) is 0. The number of aromatic nitrogens is 1. The van der Waals surface area contributed by atoms with Crippen LogP contribution in [-0.4, -0.2) is 29.5 Å². The molecule has 4 heteroatoms. The predicted octanol–water partition coefficient (Wildman–Crippen LogP) is 5.04. The lowest BCUT2D eigenvalue weighted by Crippen LogP contribution is -2.30. The van der Waals surface area contributed by atoms with Crippen LogP contribution in [-0.2, 0) is 6.42 Å². The molecule has 130 valence electrons. The number of benzene rings is 2. The molecule has 0 atom stereocenters. The lowest BCUT2D eigenvalue weighted by atomic mass is 10.1. The molecule has 25 heavy (non-hydrogen) atoms. The van der Waals surface area contributed by atoms with Crippen LogP contribution in [0.4, 0.5) is 0 Å². The number of piperidine rings is 1. The molecule has 1 fully saturated rings. The monoisotopic (exact) mass is 336 g/mol. The van der Waals surface area contributed by atoms with E-state index in [9.17, 15) is 0 Å². The van der Waals surface area contributed by atoms with E-state index in [4.69, 9.17) is 9.15 Å². The number of aryl methyl sites for hydroxylation is 1. The van der Waals surface area contributed by atoms with E-state index in [0.717, 1.165) is 23.3 Å². The largest absolute Gasteiger partial charge is 0.411 e. The Morgan fingerprint density at radius 2 is 1.76 bits per heavy atom. The van der Waals surface area contributed by atoms with Crippen molar-refractivity contribution in [3.63, 3.8) is 0 Å². The second-order valence-corrected chi connectivity index (χ2v) is 6.70. The first-order valence-corrected chi connectivity index (χ1v) is 9.21. The Hall–Kier alpha value is -2.33. The van der Waals surface area contributed by atoms with E-state index in [-0.39, 0.29) is 0 Å². The Labute approximate surface area is 148 Å². The first-order valence-electron chi connectivity index (χ1n) is 9.21. The number of likely N-dealkylation sites (tertiary alicyclic amines) is 1. The van der Waals surface area contributed by atoms with Crippen LogP contribution in [0.2, 0.25) is 0 Å². The summed E-state index contributed by atoms with van der Waals surface area (Å²) in [5.41, 5.74) is 2.90. The summed E-state index contributed by atoms with van der Waals surface area (Å²) < 4.78 is 11.3. The molecule has 1 saturated heterocycles. The van der Waals surface area contributed by atoms with Gasteiger partial charge in [-0.25, -0.2) is 0 Å². The Morgan fingerprint density at radius 1 is 0.960 bits per heavy atom. The van der Waals surface area contributed by atoms with Crippen LogP contribution in [0.1, 0.15) is 31.2 Å². The van der Waals surface area contributed by atoms with Crippen molar-refractivity contribution in [2.45, 2.75) is 32.1 Å². The van der Waals surface area contributed by atoms with Gasteiger partial charge in [0, 0.05) is 0 Å². The lowest BCUT2D eigenvalue weighted by Gasteiger charge is -2.26. The smallest absolute Gasteiger partial charge is 0.400 e. The van der Waals surface area contributed by atoms with Crippen LogP contribution in [0, 0.1) is 0 Å². The van der Waals surface area contributed by atoms with Gasteiger partial charge in [0.25, 0.3) is 0 Å². The van der Waals surface area contributed by atoms with Crippen LogP contribution in [0.25, 0.3) is 11.1 Å². The molecule has 1 aliphatic heterocycles. The number of hydrogen-bond acceptors (Lipinski definition) is 4. The van der Waals surface area contributed by atoms with Crippen molar-refractivity contribution in [1.29, 1.82) is 0 Å². The zero-order chi connectivity index (χ0) is 16.9. The zero-order valence-corrected chi connectivity index (χ0v) is 14.5. The summed E-state index contributed by atoms with van der Waals surface area (Å²) in [6, 6.07) is 15.9. The number of para-hydroxylation sites is 2. The Balaban J connectivity index is 1.30. The van der Waals surface area contributed by atoms with Gasteiger partial charge < -0.3 is 14.1 Å². The van der Waals surface area contributed by atoms with E-state index in [2.05, 4.69) is 22.0 Å². The molecule has 0 aliphatic carbocycles. The first kappa shape index (κ1) is 16.2. The van der Waals surface area contributed by atoms with Gasteiger partial charge in [-0.3, -0.25) is 0 Å². The van der Waals surface area contributed by atoms with Gasteiger partial charge >= 0.3 is 6.08 Å². The lowest BCUT2D eigenvalue weighted by molar-refractivity contribution is 0.226. The van der Waals surface area contributed by atoms with E-state index in [0.29, 0.717) is 6.08 Å². The van der Waals surface area contributed by atoms with Gasteiger partial charge in [0.15, 0.2) is 5.58 Å². The predicted molar refractivity (Wildman–Crippen MR) is 99.1 cm³/mol. The van der Waals surface area contributed by atoms with Gasteiger partial charge in [0.05, 0.1) is 0 Å². The molecule has 0 radical (unpaired) electrons. The van der Waals surface area contributed by atoms with E-state index in [1.54, 1.807) is 0 Å². The summed E-state index contributed by atoms with van der Waals surface area (Å²) in [6.45, 7) is 3.76. The molecular formula is C21H24N2O2. The summed E-state index contributed by atoms with van der Waals surface area (Å²) in [7, 11) is 0. The van der Waals surface area contributed by atoms with Crippen molar-refractivity contribution in [2.24, 2.45) is 0 Å². The maximum Gasteiger partial charge on any atom is 0.400 e. The number of ether oxygens (including phenoxy) is 1. The van der Waals surface area contributed by atoms with Crippen LogP contribution in [0.15, 0.2) is 52.9 Å². The molecule has 2 aromatic carbocycles. The summed E-state index contributed by atoms with van der Waals surface area (Å²) in [4.78, 5) is 6.93. The van der Waals surface area contributed by atoms with Gasteiger partial charge in [-0.1, -0.05) is 30.7 Å². The van der Waals surface area contributed by atoms with Crippen molar-refractivity contribution >= 4 is 11.1 Å². The van der Waals surface area contributed by atoms with Gasteiger partial charge in [0.1, 0.15) is 11.3 Å². The van der Waals surface area contributed by atoms with Crippen molar-refractivity contribution in [2.75, 3.05) is 19.6 Å². The van der Waals surface area contributed by atoms with Crippen LogP contribution >= 0.6 is 0 Å². The minimum absolute atomic E-state index is 0.291. The van der Waals surface area contributed by atoms with Gasteiger partial charge in [-0.05, 0) is 75.1 Å². The van der Waals surface area contributed by atoms with E-state index < -0.39 is 0 Å². The third-order valence-electron chi connectivity index (χ3n) is 4.79. The molecular weight excluding hydrogens is 312 g/mol. The highest BCUT2D eigenvalue weighted by molar-refractivity contribution is 5.72. The van der Waals surface area contributed by atoms with Crippen LogP contribution in [0.3, 0.4) is 0 Å². The highest BCUT2D eigenvalue weighted by Gasteiger charge is 2.10. The molecule has 0 N–H and O–H groups in total. The van der Waals surface area contributed by atoms with Crippen molar-refractivity contribution < 1.29 is 9.15 Å². The topological polar surface area (TPSA) is 38.5 Å². The normalized spacial score (nSPS) is 15.5. The quantitative estimate of drug-likeness (QED) is 0.632. The number of fused-ring (bicyclic) bond motifs is 1. The van der Waals surface area contributed by atoms with E-state index >= 15 is 0 Å². The molecule has 0 spiro atoms. The summed E-state index contributed by atoms with van der Waals surface area (Å²) in [6.07, 6.45) is 6.74. The van der Waals surface area contributed by atoms with E-state index in [1.165, 1.54) is 50.9 Å². The zero-order valence-electron chi connectivity index (χ0n) is 14.5. The average Bonchev–Trinajstić information content (AvgIpc) is 3.06. The molecule has 0 unspecified atom stereocenters. The van der Waals surface area contributed by atoms with Crippen molar-refractivity contribution in [3.8, 4) is 11.8 Å². The third kappa shape index (κ3) is 4.20. The number of nitrogens with zero attached hydrogens (tertiary/aromatic N) is 2. The molecule has 3 aromatic rings. The van der Waals surface area contributed by atoms with Gasteiger partial charge in [-0.15, -0.1) is 0 Å². The fraction of sp³-hybridized carbons (Fsp3) is 0.381. The summed E-state index contributed by atoms with van der Waals surface area (Å²) in [5.74, 6) is 0.756. The summed E-state index contributed by atoms with van der Waals surface area (Å²) in [5, 5.41) is 0. The van der Waals surface area contributed by atoms with Crippen LogP contribution in [0.5, 0.6) is 11.8 Å². The third-order valence-corrected chi connectivity index (χ3v) is 4.79. The molecule has 0 saturated carbocycles. The number of rotatable bonds is 6. The maximum atomic E-state index is 5.73. The molecule has 1 aliphatic rings. The Kier molecular flexibility index (Phi) is 4.98. The minimum Gasteiger partial charge on any atom is -0.411 e. The molecule has 0 bridgehead atoms. The fourth-order valence-corrected chi connectivity index (χ4v) is 3.41. The second-order valence-electron chi connectivity index (χ2n) is 6.70. The van der Waals surface area contributed by atoms with Crippen molar-refractivity contribution in [1.82, 2.24) is 9.88 Å².